The molecule has 0 aliphatic rings. The highest BCUT2D eigenvalue weighted by Crippen LogP contribution is 2.26. The maximum absolute atomic E-state index is 12.1. The van der Waals surface area contributed by atoms with Gasteiger partial charge in [-0.3, -0.25) is 14.6 Å². The summed E-state index contributed by atoms with van der Waals surface area (Å²) in [6, 6.07) is 16.3. The number of primary amides is 1. The average molecular weight is 337 g/mol. The van der Waals surface area contributed by atoms with Gasteiger partial charge in [-0.05, 0) is 36.4 Å². The molecule has 5 nitrogen and oxygen atoms in total. The molecule has 120 valence electrons. The molecule has 0 saturated heterocycles. The van der Waals surface area contributed by atoms with Crippen molar-refractivity contribution in [3.8, 4) is 0 Å². The molecule has 0 atom stereocenters. The Morgan fingerprint density at radius 2 is 1.79 bits per heavy atom. The number of hydrogen-bond donors (Lipinski definition) is 2. The first-order chi connectivity index (χ1) is 11.6. The summed E-state index contributed by atoms with van der Waals surface area (Å²) in [6.45, 7) is 0. The van der Waals surface area contributed by atoms with Gasteiger partial charge in [0.25, 0.3) is 0 Å². The molecule has 3 rings (SSSR count). The quantitative estimate of drug-likeness (QED) is 0.701. The molecular weight excluding hydrogens is 322 g/mol. The molecule has 1 aromatic heterocycles. The van der Waals surface area contributed by atoms with Gasteiger partial charge in [0.2, 0.25) is 11.8 Å². The minimum atomic E-state index is -0.494. The molecule has 0 saturated carbocycles. The number of carbonyl (C=O) groups excluding carboxylic acids is 2. The highest BCUT2D eigenvalue weighted by Gasteiger charge is 2.07. The van der Waals surface area contributed by atoms with E-state index in [1.165, 1.54) is 11.8 Å². The third-order valence-corrected chi connectivity index (χ3v) is 4.45. The van der Waals surface area contributed by atoms with Crippen molar-refractivity contribution in [2.45, 2.75) is 4.90 Å². The largest absolute Gasteiger partial charge is 0.366 e. The zero-order valence-electron chi connectivity index (χ0n) is 12.7. The molecular formula is C18H15N3O2S. The first-order valence-corrected chi connectivity index (χ1v) is 8.28. The van der Waals surface area contributed by atoms with Crippen LogP contribution < -0.4 is 11.1 Å². The number of rotatable bonds is 5. The maximum atomic E-state index is 12.1. The number of pyridine rings is 1. The average Bonchev–Trinajstić information content (AvgIpc) is 2.60. The van der Waals surface area contributed by atoms with Crippen LogP contribution in [0.4, 0.5) is 5.69 Å². The number of hydrogen-bond acceptors (Lipinski definition) is 4. The first kappa shape index (κ1) is 16.0. The number of carbonyl (C=O) groups is 2. The van der Waals surface area contributed by atoms with Crippen molar-refractivity contribution in [1.82, 2.24) is 4.98 Å². The SMILES string of the molecule is NC(=O)c1ccc(NC(=O)CSc2cccc3cccnc23)cc1. The fraction of sp³-hybridized carbons (Fsp3) is 0.0556. The molecule has 0 aliphatic heterocycles. The molecule has 2 amide bonds. The van der Waals surface area contributed by atoms with Crippen molar-refractivity contribution in [3.63, 3.8) is 0 Å². The molecule has 0 bridgehead atoms. The van der Waals surface area contributed by atoms with Gasteiger partial charge in [-0.1, -0.05) is 18.2 Å². The van der Waals surface area contributed by atoms with Gasteiger partial charge in [0.05, 0.1) is 11.3 Å². The number of anilines is 1. The highest BCUT2D eigenvalue weighted by molar-refractivity contribution is 8.00. The minimum absolute atomic E-state index is 0.125. The zero-order valence-corrected chi connectivity index (χ0v) is 13.5. The topological polar surface area (TPSA) is 85.1 Å². The number of amides is 2. The van der Waals surface area contributed by atoms with Gasteiger partial charge in [0, 0.05) is 27.7 Å². The van der Waals surface area contributed by atoms with Crippen LogP contribution in [-0.4, -0.2) is 22.6 Å². The Morgan fingerprint density at radius 3 is 2.54 bits per heavy atom. The van der Waals surface area contributed by atoms with E-state index < -0.39 is 5.91 Å². The van der Waals surface area contributed by atoms with Gasteiger partial charge in [0.1, 0.15) is 0 Å². The van der Waals surface area contributed by atoms with Gasteiger partial charge in [-0.2, -0.15) is 0 Å². The fourth-order valence-corrected chi connectivity index (χ4v) is 3.09. The molecule has 2 aromatic carbocycles. The number of thioether (sulfide) groups is 1. The zero-order chi connectivity index (χ0) is 16.9. The lowest BCUT2D eigenvalue weighted by Crippen LogP contribution is -2.15. The van der Waals surface area contributed by atoms with Gasteiger partial charge >= 0.3 is 0 Å². The second-order valence-corrected chi connectivity index (χ2v) is 6.13. The fourth-order valence-electron chi connectivity index (χ4n) is 2.25. The Labute approximate surface area is 143 Å². The number of benzene rings is 2. The number of nitrogens with two attached hydrogens (primary N) is 1. The summed E-state index contributed by atoms with van der Waals surface area (Å²) < 4.78 is 0. The monoisotopic (exact) mass is 337 g/mol. The van der Waals surface area contributed by atoms with Crippen LogP contribution >= 0.6 is 11.8 Å². The second-order valence-electron chi connectivity index (χ2n) is 5.11. The molecule has 24 heavy (non-hydrogen) atoms. The van der Waals surface area contributed by atoms with E-state index in [1.54, 1.807) is 30.5 Å². The number of para-hydroxylation sites is 1. The van der Waals surface area contributed by atoms with E-state index in [4.69, 9.17) is 5.73 Å². The van der Waals surface area contributed by atoms with E-state index >= 15 is 0 Å². The van der Waals surface area contributed by atoms with Crippen LogP contribution in [0.25, 0.3) is 10.9 Å². The van der Waals surface area contributed by atoms with Crippen LogP contribution in [0.1, 0.15) is 10.4 Å². The van der Waals surface area contributed by atoms with E-state index in [1.807, 2.05) is 30.3 Å². The number of fused-ring (bicyclic) bond motifs is 1. The summed E-state index contributed by atoms with van der Waals surface area (Å²) in [6.07, 6.45) is 1.74. The first-order valence-electron chi connectivity index (χ1n) is 7.30. The van der Waals surface area contributed by atoms with E-state index in [0.29, 0.717) is 11.3 Å². The molecule has 6 heteroatoms. The van der Waals surface area contributed by atoms with Crippen LogP contribution in [0.15, 0.2) is 65.7 Å². The van der Waals surface area contributed by atoms with Gasteiger partial charge in [-0.15, -0.1) is 11.8 Å². The van der Waals surface area contributed by atoms with E-state index in [-0.39, 0.29) is 11.7 Å². The third-order valence-electron chi connectivity index (χ3n) is 3.41. The summed E-state index contributed by atoms with van der Waals surface area (Å²) in [5, 5.41) is 3.84. The Balaban J connectivity index is 1.64. The molecule has 3 aromatic rings. The number of aromatic nitrogens is 1. The van der Waals surface area contributed by atoms with E-state index in [0.717, 1.165) is 15.8 Å². The van der Waals surface area contributed by atoms with E-state index in [2.05, 4.69) is 10.3 Å². The molecule has 1 heterocycles. The molecule has 0 radical (unpaired) electrons. The maximum Gasteiger partial charge on any atom is 0.248 e. The Kier molecular flexibility index (Phi) is 4.77. The predicted octanol–water partition coefficient (Wildman–Crippen LogP) is 3.06. The lowest BCUT2D eigenvalue weighted by Gasteiger charge is -2.07. The Bertz CT molecular complexity index is 889. The molecule has 0 fully saturated rings. The highest BCUT2D eigenvalue weighted by atomic mass is 32.2. The molecule has 0 spiro atoms. The van der Waals surface area contributed by atoms with Crippen LogP contribution in [0.2, 0.25) is 0 Å². The number of nitrogens with one attached hydrogen (secondary N) is 1. The van der Waals surface area contributed by atoms with Gasteiger partial charge in [-0.25, -0.2) is 0 Å². The van der Waals surface area contributed by atoms with Crippen molar-refractivity contribution < 1.29 is 9.59 Å². The van der Waals surface area contributed by atoms with Gasteiger partial charge < -0.3 is 11.1 Å². The minimum Gasteiger partial charge on any atom is -0.366 e. The summed E-state index contributed by atoms with van der Waals surface area (Å²) in [4.78, 5) is 28.5. The normalized spacial score (nSPS) is 10.5. The van der Waals surface area contributed by atoms with Crippen LogP contribution in [0.5, 0.6) is 0 Å². The summed E-state index contributed by atoms with van der Waals surface area (Å²) in [5.41, 5.74) is 7.11. The molecule has 3 N–H and O–H groups in total. The second kappa shape index (κ2) is 7.14. The molecule has 0 unspecified atom stereocenters. The van der Waals surface area contributed by atoms with E-state index in [9.17, 15) is 9.59 Å². The lowest BCUT2D eigenvalue weighted by atomic mass is 10.2. The van der Waals surface area contributed by atoms with Crippen LogP contribution in [0.3, 0.4) is 0 Å². The van der Waals surface area contributed by atoms with Gasteiger partial charge in [0.15, 0.2) is 0 Å². The smallest absolute Gasteiger partial charge is 0.248 e. The van der Waals surface area contributed by atoms with Crippen LogP contribution in [0, 0.1) is 0 Å². The molecule has 0 aliphatic carbocycles. The van der Waals surface area contributed by atoms with Crippen molar-refractivity contribution in [2.24, 2.45) is 5.73 Å². The Hall–Kier alpha value is -2.86. The summed E-state index contributed by atoms with van der Waals surface area (Å²) in [5.74, 6) is -0.348. The summed E-state index contributed by atoms with van der Waals surface area (Å²) >= 11 is 1.44. The van der Waals surface area contributed by atoms with Crippen LogP contribution in [-0.2, 0) is 4.79 Å². The number of nitrogens with zero attached hydrogens (tertiary/aromatic N) is 1. The summed E-state index contributed by atoms with van der Waals surface area (Å²) in [7, 11) is 0. The third kappa shape index (κ3) is 3.72. The standard InChI is InChI=1S/C18H15N3O2S/c19-18(23)13-6-8-14(9-7-13)21-16(22)11-24-15-5-1-3-12-4-2-10-20-17(12)15/h1-10H,11H2,(H2,19,23)(H,21,22). The predicted molar refractivity (Wildman–Crippen MR) is 96.1 cm³/mol. The van der Waals surface area contributed by atoms with Crippen molar-refractivity contribution in [2.75, 3.05) is 11.1 Å². The lowest BCUT2D eigenvalue weighted by molar-refractivity contribution is -0.113. The van der Waals surface area contributed by atoms with Crippen molar-refractivity contribution >= 4 is 40.2 Å². The van der Waals surface area contributed by atoms with Crippen molar-refractivity contribution in [3.05, 3.63) is 66.4 Å². The van der Waals surface area contributed by atoms with Crippen molar-refractivity contribution in [1.29, 1.82) is 0 Å². The Morgan fingerprint density at radius 1 is 1.04 bits per heavy atom.